The largest absolute Gasteiger partial charge is 0.481 e. The average molecular weight is 230 g/mol. The fourth-order valence-electron chi connectivity index (χ4n) is 1.01. The van der Waals surface area contributed by atoms with Gasteiger partial charge in [-0.15, -0.1) is 0 Å². The van der Waals surface area contributed by atoms with Crippen LogP contribution in [0.25, 0.3) is 0 Å². The van der Waals surface area contributed by atoms with Gasteiger partial charge in [-0.25, -0.2) is 0 Å². The van der Waals surface area contributed by atoms with E-state index in [9.17, 15) is 9.59 Å². The van der Waals surface area contributed by atoms with Crippen molar-refractivity contribution in [3.05, 3.63) is 0 Å². The van der Waals surface area contributed by atoms with Gasteiger partial charge in [0.25, 0.3) is 0 Å². The van der Waals surface area contributed by atoms with E-state index < -0.39 is 17.4 Å². The number of carboxylic acid groups (broad SMARTS) is 1. The Kier molecular flexibility index (Phi) is 5.44. The van der Waals surface area contributed by atoms with Crippen molar-refractivity contribution in [2.45, 2.75) is 40.2 Å². The van der Waals surface area contributed by atoms with Crippen molar-refractivity contribution in [3.8, 4) is 0 Å². The quantitative estimate of drug-likeness (QED) is 0.622. The predicted octanol–water partition coefficient (Wildman–Crippen LogP) is 0.587. The molecule has 0 aliphatic carbocycles. The number of amides is 1. The van der Waals surface area contributed by atoms with Gasteiger partial charge in [0.05, 0.1) is 11.5 Å². The first-order valence-electron chi connectivity index (χ1n) is 5.49. The summed E-state index contributed by atoms with van der Waals surface area (Å²) in [7, 11) is 0. The van der Waals surface area contributed by atoms with E-state index in [0.29, 0.717) is 0 Å². The van der Waals surface area contributed by atoms with Crippen molar-refractivity contribution in [2.75, 3.05) is 6.54 Å². The molecule has 0 aromatic heterocycles. The molecule has 5 nitrogen and oxygen atoms in total. The van der Waals surface area contributed by atoms with Crippen molar-refractivity contribution in [3.63, 3.8) is 0 Å². The van der Waals surface area contributed by atoms with Crippen LogP contribution in [-0.4, -0.2) is 29.6 Å². The van der Waals surface area contributed by atoms with E-state index in [0.717, 1.165) is 6.42 Å². The lowest BCUT2D eigenvalue weighted by Gasteiger charge is -2.23. The molecule has 0 radical (unpaired) electrons. The molecule has 0 heterocycles. The minimum Gasteiger partial charge on any atom is -0.481 e. The van der Waals surface area contributed by atoms with Crippen LogP contribution in [0.3, 0.4) is 0 Å². The van der Waals surface area contributed by atoms with E-state index in [1.54, 1.807) is 13.8 Å². The monoisotopic (exact) mass is 230 g/mol. The molecule has 1 amide bonds. The van der Waals surface area contributed by atoms with Crippen molar-refractivity contribution in [1.82, 2.24) is 5.32 Å². The van der Waals surface area contributed by atoms with Crippen LogP contribution in [0, 0.1) is 11.3 Å². The molecule has 4 N–H and O–H groups in total. The highest BCUT2D eigenvalue weighted by molar-refractivity contribution is 5.82. The van der Waals surface area contributed by atoms with Crippen molar-refractivity contribution >= 4 is 11.9 Å². The summed E-state index contributed by atoms with van der Waals surface area (Å²) in [6, 6.07) is -0.574. The predicted molar refractivity (Wildman–Crippen MR) is 61.9 cm³/mol. The molecule has 16 heavy (non-hydrogen) atoms. The molecule has 0 spiro atoms. The zero-order chi connectivity index (χ0) is 12.9. The zero-order valence-corrected chi connectivity index (χ0v) is 10.4. The average Bonchev–Trinajstić information content (AvgIpc) is 2.23. The standard InChI is InChI=1S/C11H22N2O3/c1-5-7(2)8(12)9(14)13-6-11(3,4)10(15)16/h7-8H,5-6,12H2,1-4H3,(H,13,14)(H,15,16)/t7?,8-/m0/s1. The molecule has 5 heteroatoms. The number of carboxylic acids is 1. The minimum absolute atomic E-state index is 0.0886. The molecule has 94 valence electrons. The van der Waals surface area contributed by atoms with Gasteiger partial charge in [0.1, 0.15) is 0 Å². The summed E-state index contributed by atoms with van der Waals surface area (Å²) in [6.07, 6.45) is 0.816. The first-order valence-corrected chi connectivity index (χ1v) is 5.49. The van der Waals surface area contributed by atoms with E-state index in [1.165, 1.54) is 0 Å². The third-order valence-electron chi connectivity index (χ3n) is 2.84. The zero-order valence-electron chi connectivity index (χ0n) is 10.4. The van der Waals surface area contributed by atoms with E-state index in [2.05, 4.69) is 5.32 Å². The molecule has 0 bridgehead atoms. The van der Waals surface area contributed by atoms with Crippen LogP contribution in [0.15, 0.2) is 0 Å². The lowest BCUT2D eigenvalue weighted by atomic mass is 9.93. The topological polar surface area (TPSA) is 92.4 Å². The van der Waals surface area contributed by atoms with Crippen LogP contribution >= 0.6 is 0 Å². The molecule has 0 fully saturated rings. The van der Waals surface area contributed by atoms with Gasteiger partial charge in [0, 0.05) is 6.54 Å². The summed E-state index contributed by atoms with van der Waals surface area (Å²) in [6.45, 7) is 7.06. The highest BCUT2D eigenvalue weighted by Crippen LogP contribution is 2.13. The number of nitrogens with one attached hydrogen (secondary N) is 1. The molecule has 2 atom stereocenters. The number of carbonyl (C=O) groups excluding carboxylic acids is 1. The fraction of sp³-hybridized carbons (Fsp3) is 0.818. The summed E-state index contributed by atoms with van der Waals surface area (Å²) >= 11 is 0. The Balaban J connectivity index is 4.22. The van der Waals surface area contributed by atoms with Crippen molar-refractivity contribution in [2.24, 2.45) is 17.1 Å². The summed E-state index contributed by atoms with van der Waals surface area (Å²) < 4.78 is 0. The van der Waals surface area contributed by atoms with Gasteiger partial charge in [-0.1, -0.05) is 20.3 Å². The number of hydrogen-bond acceptors (Lipinski definition) is 3. The second-order valence-electron chi connectivity index (χ2n) is 4.82. The maximum absolute atomic E-state index is 11.6. The van der Waals surface area contributed by atoms with E-state index in [1.807, 2.05) is 13.8 Å². The first-order chi connectivity index (χ1) is 7.22. The second kappa shape index (κ2) is 5.84. The SMILES string of the molecule is CCC(C)[C@H](N)C(=O)NCC(C)(C)C(=O)O. The van der Waals surface area contributed by atoms with Gasteiger partial charge in [0.2, 0.25) is 5.91 Å². The lowest BCUT2D eigenvalue weighted by molar-refractivity contribution is -0.146. The number of aliphatic carboxylic acids is 1. The third-order valence-corrected chi connectivity index (χ3v) is 2.84. The highest BCUT2D eigenvalue weighted by Gasteiger charge is 2.29. The highest BCUT2D eigenvalue weighted by atomic mass is 16.4. The Morgan fingerprint density at radius 2 is 1.94 bits per heavy atom. The Labute approximate surface area is 96.4 Å². The summed E-state index contributed by atoms with van der Waals surface area (Å²) in [5.41, 5.74) is 4.75. The van der Waals surface area contributed by atoms with Crippen LogP contribution in [0.2, 0.25) is 0 Å². The van der Waals surface area contributed by atoms with Crippen LogP contribution in [0.4, 0.5) is 0 Å². The lowest BCUT2D eigenvalue weighted by Crippen LogP contribution is -2.48. The molecular formula is C11H22N2O3. The summed E-state index contributed by atoms with van der Waals surface area (Å²) in [4.78, 5) is 22.4. The van der Waals surface area contributed by atoms with Crippen LogP contribution in [0.5, 0.6) is 0 Å². The molecule has 0 aromatic carbocycles. The van der Waals surface area contributed by atoms with Gasteiger partial charge in [-0.2, -0.15) is 0 Å². The van der Waals surface area contributed by atoms with Crippen molar-refractivity contribution in [1.29, 1.82) is 0 Å². The van der Waals surface area contributed by atoms with Gasteiger partial charge in [-0.05, 0) is 19.8 Å². The van der Waals surface area contributed by atoms with E-state index in [-0.39, 0.29) is 18.4 Å². The molecule has 1 unspecified atom stereocenters. The molecule has 0 aliphatic rings. The molecule has 0 saturated heterocycles. The summed E-state index contributed by atoms with van der Waals surface area (Å²) in [5.74, 6) is -1.14. The van der Waals surface area contributed by atoms with Crippen LogP contribution in [0.1, 0.15) is 34.1 Å². The number of rotatable bonds is 6. The molecule has 0 rings (SSSR count). The molecular weight excluding hydrogens is 208 g/mol. The van der Waals surface area contributed by atoms with E-state index in [4.69, 9.17) is 10.8 Å². The Bertz CT molecular complexity index is 264. The Morgan fingerprint density at radius 1 is 1.44 bits per heavy atom. The Hall–Kier alpha value is -1.10. The number of hydrogen-bond donors (Lipinski definition) is 3. The normalized spacial score (nSPS) is 15.3. The number of carbonyl (C=O) groups is 2. The number of nitrogens with two attached hydrogens (primary N) is 1. The van der Waals surface area contributed by atoms with Gasteiger partial charge in [-0.3, -0.25) is 9.59 Å². The maximum atomic E-state index is 11.6. The minimum atomic E-state index is -0.967. The smallest absolute Gasteiger partial charge is 0.310 e. The maximum Gasteiger partial charge on any atom is 0.310 e. The molecule has 0 aliphatic heterocycles. The van der Waals surface area contributed by atoms with Crippen molar-refractivity contribution < 1.29 is 14.7 Å². The second-order valence-corrected chi connectivity index (χ2v) is 4.82. The molecule has 0 saturated carbocycles. The van der Waals surface area contributed by atoms with Gasteiger partial charge >= 0.3 is 5.97 Å². The third kappa shape index (κ3) is 4.18. The van der Waals surface area contributed by atoms with Gasteiger partial charge in [0.15, 0.2) is 0 Å². The molecule has 0 aromatic rings. The van der Waals surface area contributed by atoms with Crippen LogP contribution < -0.4 is 11.1 Å². The first kappa shape index (κ1) is 14.9. The summed E-state index contributed by atoms with van der Waals surface area (Å²) in [5, 5.41) is 11.4. The van der Waals surface area contributed by atoms with E-state index >= 15 is 0 Å². The Morgan fingerprint density at radius 3 is 2.31 bits per heavy atom. The fourth-order valence-corrected chi connectivity index (χ4v) is 1.01. The van der Waals surface area contributed by atoms with Crippen LogP contribution in [-0.2, 0) is 9.59 Å². The van der Waals surface area contributed by atoms with Gasteiger partial charge < -0.3 is 16.2 Å².